The van der Waals surface area contributed by atoms with E-state index in [1.54, 1.807) is 0 Å². The lowest BCUT2D eigenvalue weighted by Crippen LogP contribution is -2.62. The quantitative estimate of drug-likeness (QED) is 0.352. The third-order valence-corrected chi connectivity index (χ3v) is 4.77. The summed E-state index contributed by atoms with van der Waals surface area (Å²) in [5, 5.41) is 0. The minimum atomic E-state index is -1.21. The second-order valence-electron chi connectivity index (χ2n) is 7.58. The topological polar surface area (TPSA) is 124 Å². The average Bonchev–Trinajstić information content (AvgIpc) is 2.75. The van der Waals surface area contributed by atoms with Crippen molar-refractivity contribution in [2.45, 2.75) is 70.9 Å². The molecule has 5 atom stereocenters. The molecule has 1 aliphatic rings. The highest BCUT2D eigenvalue weighted by Gasteiger charge is 2.52. The van der Waals surface area contributed by atoms with Crippen LogP contribution in [0.5, 0.6) is 0 Å². The SMILES string of the molecule is CO[C@H]1O[C@H](COCc2ccccc2)[C@@H](OC(=O)CCC(C)=O)[C@H](OC(C)=O)[C@H]1OC(C)=O. The molecule has 33 heavy (non-hydrogen) atoms. The first-order valence-electron chi connectivity index (χ1n) is 10.5. The summed E-state index contributed by atoms with van der Waals surface area (Å²) in [6.45, 7) is 3.94. The molecule has 0 saturated carbocycles. The van der Waals surface area contributed by atoms with Crippen LogP contribution in [0.25, 0.3) is 0 Å². The van der Waals surface area contributed by atoms with E-state index in [9.17, 15) is 19.2 Å². The molecule has 0 aromatic heterocycles. The maximum Gasteiger partial charge on any atom is 0.306 e. The van der Waals surface area contributed by atoms with Crippen LogP contribution < -0.4 is 0 Å². The van der Waals surface area contributed by atoms with E-state index in [1.165, 1.54) is 27.9 Å². The molecule has 1 aromatic rings. The van der Waals surface area contributed by atoms with Crippen LogP contribution >= 0.6 is 0 Å². The highest BCUT2D eigenvalue weighted by Crippen LogP contribution is 2.30. The molecule has 0 amide bonds. The van der Waals surface area contributed by atoms with E-state index < -0.39 is 48.6 Å². The fraction of sp³-hybridized carbons (Fsp3) is 0.565. The van der Waals surface area contributed by atoms with E-state index in [0.717, 1.165) is 5.56 Å². The Hall–Kier alpha value is -2.82. The summed E-state index contributed by atoms with van der Waals surface area (Å²) in [6, 6.07) is 9.40. The Morgan fingerprint density at radius 2 is 1.48 bits per heavy atom. The number of hydrogen-bond acceptors (Lipinski definition) is 10. The third kappa shape index (κ3) is 8.56. The average molecular weight is 466 g/mol. The van der Waals surface area contributed by atoms with E-state index in [-0.39, 0.29) is 31.8 Å². The number of Topliss-reactive ketones (excluding diaryl/α,β-unsaturated/α-hetero) is 1. The van der Waals surface area contributed by atoms with Gasteiger partial charge in [-0.25, -0.2) is 0 Å². The van der Waals surface area contributed by atoms with Gasteiger partial charge in [0.1, 0.15) is 11.9 Å². The number of rotatable bonds is 11. The number of esters is 3. The van der Waals surface area contributed by atoms with E-state index in [0.29, 0.717) is 0 Å². The smallest absolute Gasteiger partial charge is 0.306 e. The number of ether oxygens (including phenoxy) is 6. The lowest BCUT2D eigenvalue weighted by Gasteiger charge is -2.43. The van der Waals surface area contributed by atoms with E-state index in [1.807, 2.05) is 30.3 Å². The minimum absolute atomic E-state index is 0.00606. The summed E-state index contributed by atoms with van der Waals surface area (Å²) in [5.74, 6) is -2.21. The van der Waals surface area contributed by atoms with Gasteiger partial charge in [-0.05, 0) is 12.5 Å². The number of benzene rings is 1. The molecule has 1 heterocycles. The van der Waals surface area contributed by atoms with Crippen molar-refractivity contribution in [3.63, 3.8) is 0 Å². The van der Waals surface area contributed by atoms with Crippen LogP contribution in [0.15, 0.2) is 30.3 Å². The Balaban J connectivity index is 2.25. The maximum atomic E-state index is 12.4. The van der Waals surface area contributed by atoms with Gasteiger partial charge >= 0.3 is 17.9 Å². The first-order chi connectivity index (χ1) is 15.7. The Labute approximate surface area is 192 Å². The number of hydrogen-bond donors (Lipinski definition) is 0. The molecule has 0 spiro atoms. The molecular formula is C23H30O10. The fourth-order valence-corrected chi connectivity index (χ4v) is 3.34. The molecule has 2 rings (SSSR count). The van der Waals surface area contributed by atoms with Crippen LogP contribution in [0.4, 0.5) is 0 Å². The molecule has 1 aliphatic heterocycles. The molecule has 1 saturated heterocycles. The van der Waals surface area contributed by atoms with Crippen molar-refractivity contribution in [3.05, 3.63) is 35.9 Å². The van der Waals surface area contributed by atoms with Gasteiger partial charge in [-0.3, -0.25) is 14.4 Å². The summed E-state index contributed by atoms with van der Waals surface area (Å²) in [6.07, 6.45) is -5.74. The van der Waals surface area contributed by atoms with E-state index >= 15 is 0 Å². The number of carbonyl (C=O) groups excluding carboxylic acids is 4. The van der Waals surface area contributed by atoms with Gasteiger partial charge < -0.3 is 33.2 Å². The molecule has 1 fully saturated rings. The summed E-state index contributed by atoms with van der Waals surface area (Å²) in [4.78, 5) is 47.2. The van der Waals surface area contributed by atoms with Gasteiger partial charge in [-0.2, -0.15) is 0 Å². The second kappa shape index (κ2) is 13.0. The minimum Gasteiger partial charge on any atom is -0.455 e. The summed E-state index contributed by atoms with van der Waals surface area (Å²) >= 11 is 0. The van der Waals surface area contributed by atoms with Crippen molar-refractivity contribution >= 4 is 23.7 Å². The summed E-state index contributed by atoms with van der Waals surface area (Å²) in [7, 11) is 1.34. The molecule has 0 unspecified atom stereocenters. The van der Waals surface area contributed by atoms with Crippen LogP contribution in [-0.4, -0.2) is 68.1 Å². The highest BCUT2D eigenvalue weighted by molar-refractivity contribution is 5.81. The van der Waals surface area contributed by atoms with E-state index in [2.05, 4.69) is 0 Å². The van der Waals surface area contributed by atoms with Gasteiger partial charge in [0.15, 0.2) is 24.6 Å². The molecule has 0 bridgehead atoms. The van der Waals surface area contributed by atoms with Gasteiger partial charge in [-0.1, -0.05) is 30.3 Å². The van der Waals surface area contributed by atoms with Crippen molar-refractivity contribution < 1.29 is 47.6 Å². The molecular weight excluding hydrogens is 436 g/mol. The first-order valence-corrected chi connectivity index (χ1v) is 10.5. The zero-order valence-electron chi connectivity index (χ0n) is 19.2. The summed E-state index contributed by atoms with van der Waals surface area (Å²) in [5.41, 5.74) is 0.918. The third-order valence-electron chi connectivity index (χ3n) is 4.77. The van der Waals surface area contributed by atoms with Crippen LogP contribution in [0.2, 0.25) is 0 Å². The molecule has 10 heteroatoms. The van der Waals surface area contributed by atoms with E-state index in [4.69, 9.17) is 28.4 Å². The number of carbonyl (C=O) groups is 4. The van der Waals surface area contributed by atoms with Crippen LogP contribution in [0.3, 0.4) is 0 Å². The Bertz CT molecular complexity index is 809. The standard InChI is InChI=1S/C23H30O10/c1-14(24)10-11-19(27)33-20-18(13-29-12-17-8-6-5-7-9-17)32-23(28-4)22(31-16(3)26)21(20)30-15(2)25/h5-9,18,20-23H,10-13H2,1-4H3/t18-,20-,21+,22-,23+/m1/s1. The predicted molar refractivity (Wildman–Crippen MR) is 113 cm³/mol. The van der Waals surface area contributed by atoms with Gasteiger partial charge in [0.05, 0.1) is 19.6 Å². The van der Waals surface area contributed by atoms with Crippen molar-refractivity contribution in [2.75, 3.05) is 13.7 Å². The van der Waals surface area contributed by atoms with Gasteiger partial charge in [-0.15, -0.1) is 0 Å². The molecule has 182 valence electrons. The zero-order valence-corrected chi connectivity index (χ0v) is 19.2. The fourth-order valence-electron chi connectivity index (χ4n) is 3.34. The van der Waals surface area contributed by atoms with Gasteiger partial charge in [0.25, 0.3) is 0 Å². The Morgan fingerprint density at radius 1 is 0.848 bits per heavy atom. The molecule has 10 nitrogen and oxygen atoms in total. The first kappa shape index (κ1) is 26.4. The monoisotopic (exact) mass is 466 g/mol. The number of methoxy groups -OCH3 is 1. The van der Waals surface area contributed by atoms with Crippen molar-refractivity contribution in [1.82, 2.24) is 0 Å². The maximum absolute atomic E-state index is 12.4. The largest absolute Gasteiger partial charge is 0.455 e. The molecule has 1 aromatic carbocycles. The highest BCUT2D eigenvalue weighted by atomic mass is 16.7. The summed E-state index contributed by atoms with van der Waals surface area (Å²) < 4.78 is 33.2. The Morgan fingerprint density at radius 3 is 2.06 bits per heavy atom. The van der Waals surface area contributed by atoms with Gasteiger partial charge in [0, 0.05) is 27.4 Å². The normalized spacial score (nSPS) is 24.5. The lowest BCUT2D eigenvalue weighted by molar-refractivity contribution is -0.304. The Kier molecular flexibility index (Phi) is 10.4. The molecule has 0 aliphatic carbocycles. The van der Waals surface area contributed by atoms with Crippen molar-refractivity contribution in [2.24, 2.45) is 0 Å². The lowest BCUT2D eigenvalue weighted by atomic mass is 9.98. The molecule has 0 radical (unpaired) electrons. The van der Waals surface area contributed by atoms with Crippen molar-refractivity contribution in [3.8, 4) is 0 Å². The second-order valence-corrected chi connectivity index (χ2v) is 7.58. The zero-order chi connectivity index (χ0) is 24.4. The van der Waals surface area contributed by atoms with Crippen LogP contribution in [0.1, 0.15) is 39.2 Å². The molecule has 0 N–H and O–H groups in total. The van der Waals surface area contributed by atoms with Crippen LogP contribution in [-0.2, 0) is 54.2 Å². The number of ketones is 1. The predicted octanol–water partition coefficient (Wildman–Crippen LogP) is 1.72. The van der Waals surface area contributed by atoms with Crippen molar-refractivity contribution in [1.29, 1.82) is 0 Å². The van der Waals surface area contributed by atoms with Gasteiger partial charge in [0.2, 0.25) is 0 Å². The van der Waals surface area contributed by atoms with Crippen LogP contribution in [0, 0.1) is 0 Å².